The summed E-state index contributed by atoms with van der Waals surface area (Å²) in [4.78, 5) is 4.05. The Balaban J connectivity index is 2.35. The van der Waals surface area contributed by atoms with E-state index in [2.05, 4.69) is 4.98 Å². The van der Waals surface area contributed by atoms with Crippen molar-refractivity contribution in [3.8, 4) is 23.4 Å². The summed E-state index contributed by atoms with van der Waals surface area (Å²) < 4.78 is 10.7. The zero-order valence-electron chi connectivity index (χ0n) is 10.3. The molecule has 5 heteroatoms. The minimum atomic E-state index is -0.168. The van der Waals surface area contributed by atoms with Crippen LogP contribution in [-0.4, -0.2) is 17.2 Å². The van der Waals surface area contributed by atoms with E-state index in [9.17, 15) is 5.11 Å². The van der Waals surface area contributed by atoms with Crippen LogP contribution in [0.5, 0.6) is 17.4 Å². The fourth-order valence-electron chi connectivity index (χ4n) is 1.56. The second kappa shape index (κ2) is 5.85. The predicted octanol–water partition coefficient (Wildman–Crippen LogP) is 2.25. The van der Waals surface area contributed by atoms with Crippen LogP contribution in [0.25, 0.3) is 0 Å². The summed E-state index contributed by atoms with van der Waals surface area (Å²) in [6, 6.07) is 10.3. The molecule has 1 N–H and O–H groups in total. The first kappa shape index (κ1) is 12.9. The number of aliphatic hydroxyl groups is 1. The number of hydrogen-bond donors (Lipinski definition) is 1. The van der Waals surface area contributed by atoms with Crippen molar-refractivity contribution in [3.63, 3.8) is 0 Å². The van der Waals surface area contributed by atoms with Crippen molar-refractivity contribution in [3.05, 3.63) is 47.7 Å². The quantitative estimate of drug-likeness (QED) is 0.907. The van der Waals surface area contributed by atoms with Crippen LogP contribution >= 0.6 is 0 Å². The van der Waals surface area contributed by atoms with E-state index in [0.717, 1.165) is 0 Å². The minimum absolute atomic E-state index is 0.168. The smallest absolute Gasteiger partial charge is 0.224 e. The molecule has 0 unspecified atom stereocenters. The third-order valence-corrected chi connectivity index (χ3v) is 2.48. The van der Waals surface area contributed by atoms with Gasteiger partial charge in [0.2, 0.25) is 5.88 Å². The van der Waals surface area contributed by atoms with Gasteiger partial charge in [0.1, 0.15) is 11.5 Å². The normalized spacial score (nSPS) is 9.74. The van der Waals surface area contributed by atoms with E-state index in [1.165, 1.54) is 7.11 Å². The first-order valence-corrected chi connectivity index (χ1v) is 5.58. The first-order valence-electron chi connectivity index (χ1n) is 5.58. The summed E-state index contributed by atoms with van der Waals surface area (Å²) in [5.41, 5.74) is 1.000. The Bertz CT molecular complexity index is 620. The second-order valence-electron chi connectivity index (χ2n) is 3.74. The lowest BCUT2D eigenvalue weighted by Gasteiger charge is -2.09. The summed E-state index contributed by atoms with van der Waals surface area (Å²) in [7, 11) is 1.51. The topological polar surface area (TPSA) is 75.4 Å². The fourth-order valence-corrected chi connectivity index (χ4v) is 1.56. The van der Waals surface area contributed by atoms with E-state index in [0.29, 0.717) is 28.5 Å². The number of methoxy groups -OCH3 is 1. The van der Waals surface area contributed by atoms with Gasteiger partial charge >= 0.3 is 0 Å². The lowest BCUT2D eigenvalue weighted by Crippen LogP contribution is -1.95. The molecule has 1 aromatic carbocycles. The van der Waals surface area contributed by atoms with Crippen molar-refractivity contribution in [1.29, 1.82) is 5.26 Å². The van der Waals surface area contributed by atoms with Crippen molar-refractivity contribution >= 4 is 0 Å². The highest BCUT2D eigenvalue weighted by Gasteiger charge is 2.07. The monoisotopic (exact) mass is 256 g/mol. The van der Waals surface area contributed by atoms with Gasteiger partial charge in [-0.3, -0.25) is 0 Å². The molecule has 0 fully saturated rings. The molecule has 0 saturated heterocycles. The molecule has 0 saturated carbocycles. The van der Waals surface area contributed by atoms with E-state index in [4.69, 9.17) is 14.7 Å². The molecule has 96 valence electrons. The van der Waals surface area contributed by atoms with Gasteiger partial charge in [-0.15, -0.1) is 0 Å². The van der Waals surface area contributed by atoms with Crippen molar-refractivity contribution in [1.82, 2.24) is 4.98 Å². The van der Waals surface area contributed by atoms with Gasteiger partial charge in [-0.1, -0.05) is 0 Å². The number of benzene rings is 1. The lowest BCUT2D eigenvalue weighted by molar-refractivity contribution is 0.275. The predicted molar refractivity (Wildman–Crippen MR) is 67.9 cm³/mol. The van der Waals surface area contributed by atoms with Gasteiger partial charge in [0.15, 0.2) is 0 Å². The highest BCUT2D eigenvalue weighted by atomic mass is 16.5. The largest absolute Gasteiger partial charge is 0.497 e. The highest BCUT2D eigenvalue weighted by Crippen LogP contribution is 2.27. The Hall–Kier alpha value is -2.58. The summed E-state index contributed by atoms with van der Waals surface area (Å²) in [5, 5.41) is 18.1. The lowest BCUT2D eigenvalue weighted by atomic mass is 10.2. The van der Waals surface area contributed by atoms with Crippen LogP contribution in [0.4, 0.5) is 0 Å². The molecule has 5 nitrogen and oxygen atoms in total. The van der Waals surface area contributed by atoms with E-state index >= 15 is 0 Å². The fraction of sp³-hybridized carbons (Fsp3) is 0.143. The zero-order valence-corrected chi connectivity index (χ0v) is 10.3. The van der Waals surface area contributed by atoms with Crippen LogP contribution < -0.4 is 9.47 Å². The molecule has 0 amide bonds. The van der Waals surface area contributed by atoms with Gasteiger partial charge in [0.25, 0.3) is 0 Å². The van der Waals surface area contributed by atoms with Gasteiger partial charge in [-0.25, -0.2) is 4.98 Å². The SMILES string of the molecule is COc1cc(C#N)cc(Oc2ncccc2CO)c1. The minimum Gasteiger partial charge on any atom is -0.497 e. The Morgan fingerprint density at radius 1 is 1.32 bits per heavy atom. The van der Waals surface area contributed by atoms with E-state index in [-0.39, 0.29) is 6.61 Å². The Morgan fingerprint density at radius 3 is 2.79 bits per heavy atom. The average Bonchev–Trinajstić information content (AvgIpc) is 2.47. The van der Waals surface area contributed by atoms with E-state index < -0.39 is 0 Å². The third-order valence-electron chi connectivity index (χ3n) is 2.48. The maximum atomic E-state index is 9.20. The number of pyridine rings is 1. The number of rotatable bonds is 4. The zero-order chi connectivity index (χ0) is 13.7. The van der Waals surface area contributed by atoms with Crippen LogP contribution in [0, 0.1) is 11.3 Å². The molecule has 0 spiro atoms. The molecule has 0 bridgehead atoms. The molecule has 0 atom stereocenters. The van der Waals surface area contributed by atoms with Crippen molar-refractivity contribution in [2.24, 2.45) is 0 Å². The maximum absolute atomic E-state index is 9.20. The van der Waals surface area contributed by atoms with Crippen LogP contribution in [0.1, 0.15) is 11.1 Å². The molecular formula is C14H12N2O3. The molecule has 1 heterocycles. The van der Waals surface area contributed by atoms with Crippen LogP contribution in [-0.2, 0) is 6.61 Å². The van der Waals surface area contributed by atoms with Gasteiger partial charge < -0.3 is 14.6 Å². The van der Waals surface area contributed by atoms with E-state index in [1.54, 1.807) is 36.5 Å². The first-order chi connectivity index (χ1) is 9.26. The standard InChI is InChI=1S/C14H12N2O3/c1-18-12-5-10(8-15)6-13(7-12)19-14-11(9-17)3-2-4-16-14/h2-7,17H,9H2,1H3. The average molecular weight is 256 g/mol. The van der Waals surface area contributed by atoms with E-state index in [1.807, 2.05) is 6.07 Å². The number of aromatic nitrogens is 1. The summed E-state index contributed by atoms with van der Waals surface area (Å²) in [5.74, 6) is 1.27. The number of ether oxygens (including phenoxy) is 2. The van der Waals surface area contributed by atoms with Gasteiger partial charge in [0, 0.05) is 17.8 Å². The molecule has 0 aliphatic heterocycles. The molecule has 0 aliphatic carbocycles. The number of aliphatic hydroxyl groups excluding tert-OH is 1. The van der Waals surface area contributed by atoms with Crippen LogP contribution in [0.2, 0.25) is 0 Å². The molecule has 2 rings (SSSR count). The Kier molecular flexibility index (Phi) is 3.96. The molecule has 1 aromatic heterocycles. The van der Waals surface area contributed by atoms with Crippen LogP contribution in [0.3, 0.4) is 0 Å². The van der Waals surface area contributed by atoms with Crippen LogP contribution in [0.15, 0.2) is 36.5 Å². The summed E-state index contributed by atoms with van der Waals surface area (Å²) in [6.07, 6.45) is 1.57. The molecule has 19 heavy (non-hydrogen) atoms. The Morgan fingerprint density at radius 2 is 2.11 bits per heavy atom. The van der Waals surface area contributed by atoms with Gasteiger partial charge in [-0.2, -0.15) is 5.26 Å². The molecular weight excluding hydrogens is 244 g/mol. The Labute approximate surface area is 110 Å². The number of hydrogen-bond acceptors (Lipinski definition) is 5. The van der Waals surface area contributed by atoms with Crippen molar-refractivity contribution < 1.29 is 14.6 Å². The van der Waals surface area contributed by atoms with Crippen molar-refractivity contribution in [2.75, 3.05) is 7.11 Å². The number of nitrogens with zero attached hydrogens (tertiary/aromatic N) is 2. The molecule has 0 aliphatic rings. The second-order valence-corrected chi connectivity index (χ2v) is 3.74. The highest BCUT2D eigenvalue weighted by molar-refractivity contribution is 5.45. The molecule has 0 radical (unpaired) electrons. The summed E-state index contributed by atoms with van der Waals surface area (Å²) >= 11 is 0. The van der Waals surface area contributed by atoms with Crippen molar-refractivity contribution in [2.45, 2.75) is 6.61 Å². The summed E-state index contributed by atoms with van der Waals surface area (Å²) in [6.45, 7) is -0.168. The number of nitriles is 1. The van der Waals surface area contributed by atoms with Gasteiger partial charge in [-0.05, 0) is 24.3 Å². The third kappa shape index (κ3) is 3.00. The maximum Gasteiger partial charge on any atom is 0.224 e. The van der Waals surface area contributed by atoms with Gasteiger partial charge in [0.05, 0.1) is 25.3 Å². The molecule has 2 aromatic rings.